The van der Waals surface area contributed by atoms with Gasteiger partial charge in [0.1, 0.15) is 16.9 Å². The van der Waals surface area contributed by atoms with Gasteiger partial charge in [-0.25, -0.2) is 9.78 Å². The summed E-state index contributed by atoms with van der Waals surface area (Å²) in [5.74, 6) is 0.451. The standard InChI is InChI=1S/C23H23N5O3S/c1-15(21-25-10-11-26-21)31-23(30)28-12-9-17-18(13-24)22(32-19(17)14-28)27-20(29)8-7-16-5-3-2-4-6-16/h2-6,10-11,15H,7-9,12,14H2,1H3,(H,25,26)(H,27,29). The molecule has 0 saturated heterocycles. The molecule has 0 fully saturated rings. The summed E-state index contributed by atoms with van der Waals surface area (Å²) in [7, 11) is 0. The third-order valence-electron chi connectivity index (χ3n) is 5.35. The number of hydrogen-bond acceptors (Lipinski definition) is 6. The summed E-state index contributed by atoms with van der Waals surface area (Å²) in [4.78, 5) is 34.6. The zero-order chi connectivity index (χ0) is 22.5. The first kappa shape index (κ1) is 21.6. The Kier molecular flexibility index (Phi) is 6.52. The highest BCUT2D eigenvalue weighted by Crippen LogP contribution is 2.37. The van der Waals surface area contributed by atoms with Crippen LogP contribution < -0.4 is 5.32 Å². The Balaban J connectivity index is 1.39. The second-order valence-corrected chi connectivity index (χ2v) is 8.63. The third-order valence-corrected chi connectivity index (χ3v) is 6.48. The van der Waals surface area contributed by atoms with Crippen LogP contribution in [0.1, 0.15) is 46.8 Å². The maximum Gasteiger partial charge on any atom is 0.410 e. The number of aryl methyl sites for hydroxylation is 1. The predicted molar refractivity (Wildman–Crippen MR) is 120 cm³/mol. The average Bonchev–Trinajstić information content (AvgIpc) is 3.45. The number of hydrogen-bond donors (Lipinski definition) is 2. The van der Waals surface area contributed by atoms with Crippen LogP contribution in [0, 0.1) is 11.3 Å². The van der Waals surface area contributed by atoms with Crippen LogP contribution in [0.25, 0.3) is 0 Å². The van der Waals surface area contributed by atoms with Gasteiger partial charge in [-0.2, -0.15) is 5.26 Å². The molecule has 1 aliphatic rings. The van der Waals surface area contributed by atoms with Crippen molar-refractivity contribution in [2.75, 3.05) is 11.9 Å². The van der Waals surface area contributed by atoms with Gasteiger partial charge in [0.05, 0.1) is 12.1 Å². The number of rotatable bonds is 6. The fourth-order valence-electron chi connectivity index (χ4n) is 3.64. The SMILES string of the molecule is CC(OC(=O)N1CCc2c(sc(NC(=O)CCc3ccccc3)c2C#N)C1)c1ncc[nH]1. The van der Waals surface area contributed by atoms with Gasteiger partial charge in [0, 0.05) is 30.2 Å². The van der Waals surface area contributed by atoms with E-state index < -0.39 is 12.2 Å². The van der Waals surface area contributed by atoms with Crippen molar-refractivity contribution in [3.8, 4) is 6.07 Å². The first-order valence-corrected chi connectivity index (χ1v) is 11.2. The lowest BCUT2D eigenvalue weighted by molar-refractivity contribution is -0.116. The maximum absolute atomic E-state index is 12.6. The van der Waals surface area contributed by atoms with Gasteiger partial charge in [0.2, 0.25) is 5.91 Å². The summed E-state index contributed by atoms with van der Waals surface area (Å²) in [6.07, 6.45) is 3.87. The monoisotopic (exact) mass is 449 g/mol. The number of nitriles is 1. The summed E-state index contributed by atoms with van der Waals surface area (Å²) in [5.41, 5.74) is 2.49. The van der Waals surface area contributed by atoms with E-state index in [1.54, 1.807) is 24.2 Å². The molecule has 0 spiro atoms. The number of fused-ring (bicyclic) bond motifs is 1. The second kappa shape index (κ2) is 9.66. The Morgan fingerprint density at radius 3 is 2.91 bits per heavy atom. The van der Waals surface area contributed by atoms with Gasteiger partial charge in [-0.15, -0.1) is 11.3 Å². The van der Waals surface area contributed by atoms with E-state index in [-0.39, 0.29) is 5.91 Å². The minimum absolute atomic E-state index is 0.132. The molecule has 3 aromatic rings. The molecule has 0 saturated carbocycles. The smallest absolute Gasteiger partial charge is 0.410 e. The molecule has 2 aromatic heterocycles. The Morgan fingerprint density at radius 1 is 1.38 bits per heavy atom. The van der Waals surface area contributed by atoms with Crippen molar-refractivity contribution in [2.45, 2.75) is 38.8 Å². The van der Waals surface area contributed by atoms with E-state index >= 15 is 0 Å². The fraction of sp³-hybridized carbons (Fsp3) is 0.304. The predicted octanol–water partition coefficient (Wildman–Crippen LogP) is 4.17. The van der Waals surface area contributed by atoms with E-state index in [9.17, 15) is 14.9 Å². The van der Waals surface area contributed by atoms with E-state index in [1.165, 1.54) is 11.3 Å². The van der Waals surface area contributed by atoms with Crippen LogP contribution in [0.5, 0.6) is 0 Å². The summed E-state index contributed by atoms with van der Waals surface area (Å²) in [5, 5.41) is 13.1. The van der Waals surface area contributed by atoms with Crippen molar-refractivity contribution >= 4 is 28.3 Å². The Bertz CT molecular complexity index is 1130. The lowest BCUT2D eigenvalue weighted by atomic mass is 10.0. The topological polar surface area (TPSA) is 111 Å². The number of amides is 2. The number of aromatic amines is 1. The van der Waals surface area contributed by atoms with Crippen LogP contribution >= 0.6 is 11.3 Å². The van der Waals surface area contributed by atoms with Crippen molar-refractivity contribution in [3.63, 3.8) is 0 Å². The van der Waals surface area contributed by atoms with Gasteiger partial charge >= 0.3 is 6.09 Å². The molecule has 4 rings (SSSR count). The van der Waals surface area contributed by atoms with Gasteiger partial charge in [0.15, 0.2) is 6.10 Å². The quantitative estimate of drug-likeness (QED) is 0.587. The maximum atomic E-state index is 12.6. The van der Waals surface area contributed by atoms with Crippen LogP contribution in [-0.2, 0) is 28.9 Å². The third kappa shape index (κ3) is 4.81. The number of carbonyl (C=O) groups is 2. The summed E-state index contributed by atoms with van der Waals surface area (Å²) in [6.45, 7) is 2.55. The number of thiophene rings is 1. The second-order valence-electron chi connectivity index (χ2n) is 7.53. The van der Waals surface area contributed by atoms with Gasteiger partial charge in [-0.05, 0) is 30.9 Å². The number of benzene rings is 1. The fourth-order valence-corrected chi connectivity index (χ4v) is 4.87. The molecule has 1 aromatic carbocycles. The molecule has 164 valence electrons. The summed E-state index contributed by atoms with van der Waals surface area (Å²) in [6, 6.07) is 12.0. The number of aromatic nitrogens is 2. The molecule has 1 atom stereocenters. The summed E-state index contributed by atoms with van der Waals surface area (Å²) >= 11 is 1.35. The minimum atomic E-state index is -0.489. The van der Waals surface area contributed by atoms with Crippen LogP contribution in [0.2, 0.25) is 0 Å². The van der Waals surface area contributed by atoms with Crippen molar-refractivity contribution in [2.24, 2.45) is 0 Å². The number of imidazole rings is 1. The number of anilines is 1. The van der Waals surface area contributed by atoms with Gasteiger partial charge in [-0.3, -0.25) is 4.79 Å². The molecule has 8 nitrogen and oxygen atoms in total. The molecule has 2 amide bonds. The van der Waals surface area contributed by atoms with Crippen molar-refractivity contribution in [1.82, 2.24) is 14.9 Å². The molecule has 3 heterocycles. The first-order chi connectivity index (χ1) is 15.5. The zero-order valence-electron chi connectivity index (χ0n) is 17.6. The number of carbonyl (C=O) groups excluding carboxylic acids is 2. The summed E-state index contributed by atoms with van der Waals surface area (Å²) < 4.78 is 5.51. The molecule has 0 bridgehead atoms. The highest BCUT2D eigenvalue weighted by Gasteiger charge is 2.29. The number of nitrogens with one attached hydrogen (secondary N) is 2. The first-order valence-electron chi connectivity index (χ1n) is 10.4. The molecule has 0 radical (unpaired) electrons. The lowest BCUT2D eigenvalue weighted by Gasteiger charge is -2.27. The molecular weight excluding hydrogens is 426 g/mol. The van der Waals surface area contributed by atoms with Gasteiger partial charge in [-0.1, -0.05) is 30.3 Å². The molecule has 9 heteroatoms. The normalized spacial score (nSPS) is 13.7. The number of ether oxygens (including phenoxy) is 1. The van der Waals surface area contributed by atoms with E-state index in [1.807, 2.05) is 30.3 Å². The van der Waals surface area contributed by atoms with E-state index in [0.29, 0.717) is 48.7 Å². The minimum Gasteiger partial charge on any atom is -0.438 e. The van der Waals surface area contributed by atoms with Gasteiger partial charge in [0.25, 0.3) is 0 Å². The highest BCUT2D eigenvalue weighted by molar-refractivity contribution is 7.16. The zero-order valence-corrected chi connectivity index (χ0v) is 18.4. The number of H-pyrrole nitrogens is 1. The molecule has 0 aliphatic carbocycles. The lowest BCUT2D eigenvalue weighted by Crippen LogP contribution is -2.36. The van der Waals surface area contributed by atoms with Crippen molar-refractivity contribution < 1.29 is 14.3 Å². The molecule has 1 aliphatic heterocycles. The molecule has 32 heavy (non-hydrogen) atoms. The van der Waals surface area contributed by atoms with E-state index in [4.69, 9.17) is 4.74 Å². The van der Waals surface area contributed by atoms with Crippen molar-refractivity contribution in [3.05, 3.63) is 70.1 Å². The van der Waals surface area contributed by atoms with E-state index in [0.717, 1.165) is 16.0 Å². The molecular formula is C23H23N5O3S. The number of nitrogens with zero attached hydrogens (tertiary/aromatic N) is 3. The van der Waals surface area contributed by atoms with Gasteiger partial charge < -0.3 is 19.9 Å². The Morgan fingerprint density at radius 2 is 2.19 bits per heavy atom. The van der Waals surface area contributed by atoms with Crippen LogP contribution in [0.4, 0.5) is 9.80 Å². The van der Waals surface area contributed by atoms with Crippen LogP contribution in [0.3, 0.4) is 0 Å². The average molecular weight is 450 g/mol. The molecule has 1 unspecified atom stereocenters. The Hall–Kier alpha value is -3.64. The van der Waals surface area contributed by atoms with Crippen molar-refractivity contribution in [1.29, 1.82) is 5.26 Å². The largest absolute Gasteiger partial charge is 0.438 e. The molecule has 2 N–H and O–H groups in total. The highest BCUT2D eigenvalue weighted by atomic mass is 32.1. The van der Waals surface area contributed by atoms with Crippen LogP contribution in [-0.4, -0.2) is 33.4 Å². The van der Waals surface area contributed by atoms with Crippen LogP contribution in [0.15, 0.2) is 42.7 Å². The Labute approximate surface area is 189 Å². The van der Waals surface area contributed by atoms with E-state index in [2.05, 4.69) is 21.4 Å².